The molecule has 3 aromatic rings. The van der Waals surface area contributed by atoms with Crippen LogP contribution in [-0.2, 0) is 4.79 Å². The fraction of sp³-hybridized carbons (Fsp3) is 0.130. The molecule has 0 atom stereocenters. The first kappa shape index (κ1) is 22.0. The number of hydrogen-bond donors (Lipinski definition) is 2. The van der Waals surface area contributed by atoms with Gasteiger partial charge in [-0.05, 0) is 60.7 Å². The van der Waals surface area contributed by atoms with E-state index in [9.17, 15) is 9.59 Å². The van der Waals surface area contributed by atoms with Crippen molar-refractivity contribution in [2.75, 3.05) is 31.5 Å². The fourth-order valence-corrected chi connectivity index (χ4v) is 2.81. The van der Waals surface area contributed by atoms with Crippen molar-refractivity contribution in [3.8, 4) is 17.2 Å². The summed E-state index contributed by atoms with van der Waals surface area (Å²) in [4.78, 5) is 24.6. The number of rotatable bonds is 8. The van der Waals surface area contributed by atoms with Crippen LogP contribution in [0.3, 0.4) is 0 Å². The summed E-state index contributed by atoms with van der Waals surface area (Å²) in [5.41, 5.74) is 1.57. The first-order valence-corrected chi connectivity index (χ1v) is 9.68. The van der Waals surface area contributed by atoms with Crippen LogP contribution in [-0.4, -0.2) is 32.6 Å². The van der Waals surface area contributed by atoms with E-state index in [1.807, 2.05) is 0 Å². The van der Waals surface area contributed by atoms with Crippen molar-refractivity contribution >= 4 is 34.8 Å². The van der Waals surface area contributed by atoms with E-state index in [-0.39, 0.29) is 18.4 Å². The number of ether oxygens (including phenoxy) is 3. The fourth-order valence-electron chi connectivity index (χ4n) is 2.69. The summed E-state index contributed by atoms with van der Waals surface area (Å²) in [6.07, 6.45) is 0. The Morgan fingerprint density at radius 1 is 0.839 bits per heavy atom. The molecule has 0 aliphatic carbocycles. The zero-order chi connectivity index (χ0) is 22.2. The van der Waals surface area contributed by atoms with E-state index in [4.69, 9.17) is 25.8 Å². The Balaban J connectivity index is 1.54. The third-order valence-electron chi connectivity index (χ3n) is 4.27. The highest BCUT2D eigenvalue weighted by Crippen LogP contribution is 2.28. The number of methoxy groups -OCH3 is 2. The highest BCUT2D eigenvalue weighted by Gasteiger charge is 2.11. The quantitative estimate of drug-likeness (QED) is 0.533. The number of hydrogen-bond acceptors (Lipinski definition) is 5. The van der Waals surface area contributed by atoms with Crippen LogP contribution in [0.1, 0.15) is 10.4 Å². The second-order valence-electron chi connectivity index (χ2n) is 6.39. The Morgan fingerprint density at radius 2 is 1.52 bits per heavy atom. The zero-order valence-corrected chi connectivity index (χ0v) is 17.7. The molecule has 31 heavy (non-hydrogen) atoms. The van der Waals surface area contributed by atoms with Crippen molar-refractivity contribution < 1.29 is 23.8 Å². The molecule has 0 radical (unpaired) electrons. The number of nitrogens with one attached hydrogen (secondary N) is 2. The second kappa shape index (κ2) is 10.4. The van der Waals surface area contributed by atoms with Gasteiger partial charge < -0.3 is 24.8 Å². The molecule has 7 nitrogen and oxygen atoms in total. The third kappa shape index (κ3) is 6.13. The molecular formula is C23H21ClN2O5. The van der Waals surface area contributed by atoms with Gasteiger partial charge in [0.25, 0.3) is 11.8 Å². The van der Waals surface area contributed by atoms with E-state index in [1.165, 1.54) is 14.2 Å². The van der Waals surface area contributed by atoms with Crippen molar-refractivity contribution in [1.29, 1.82) is 0 Å². The summed E-state index contributed by atoms with van der Waals surface area (Å²) in [5.74, 6) is 0.915. The first-order chi connectivity index (χ1) is 15.0. The van der Waals surface area contributed by atoms with Gasteiger partial charge >= 0.3 is 0 Å². The highest BCUT2D eigenvalue weighted by molar-refractivity contribution is 6.30. The number of carbonyl (C=O) groups is 2. The van der Waals surface area contributed by atoms with Crippen LogP contribution < -0.4 is 24.8 Å². The second-order valence-corrected chi connectivity index (χ2v) is 6.82. The molecule has 0 saturated heterocycles. The van der Waals surface area contributed by atoms with Crippen LogP contribution in [0.25, 0.3) is 0 Å². The van der Waals surface area contributed by atoms with E-state index >= 15 is 0 Å². The molecule has 0 saturated carbocycles. The van der Waals surface area contributed by atoms with Gasteiger partial charge in [0.15, 0.2) is 6.61 Å². The maximum absolute atomic E-state index is 12.3. The van der Waals surface area contributed by atoms with Gasteiger partial charge in [-0.25, -0.2) is 0 Å². The van der Waals surface area contributed by atoms with Crippen molar-refractivity contribution in [3.05, 3.63) is 77.3 Å². The molecule has 3 rings (SSSR count). The van der Waals surface area contributed by atoms with Crippen LogP contribution in [0.15, 0.2) is 66.7 Å². The van der Waals surface area contributed by atoms with Gasteiger partial charge in [0.1, 0.15) is 17.2 Å². The lowest BCUT2D eigenvalue weighted by atomic mass is 10.2. The largest absolute Gasteiger partial charge is 0.497 e. The van der Waals surface area contributed by atoms with E-state index in [1.54, 1.807) is 66.7 Å². The van der Waals surface area contributed by atoms with E-state index in [2.05, 4.69) is 10.6 Å². The van der Waals surface area contributed by atoms with E-state index < -0.39 is 0 Å². The molecule has 160 valence electrons. The molecule has 0 unspecified atom stereocenters. The minimum Gasteiger partial charge on any atom is -0.497 e. The third-order valence-corrected chi connectivity index (χ3v) is 4.52. The Kier molecular flexibility index (Phi) is 7.35. The number of anilines is 2. The molecule has 0 aliphatic heterocycles. The van der Waals surface area contributed by atoms with Crippen molar-refractivity contribution in [2.45, 2.75) is 0 Å². The zero-order valence-electron chi connectivity index (χ0n) is 17.0. The lowest BCUT2D eigenvalue weighted by Crippen LogP contribution is -2.20. The monoisotopic (exact) mass is 440 g/mol. The van der Waals surface area contributed by atoms with Crippen molar-refractivity contribution in [2.24, 2.45) is 0 Å². The summed E-state index contributed by atoms with van der Waals surface area (Å²) >= 11 is 5.84. The minimum absolute atomic E-state index is 0.212. The summed E-state index contributed by atoms with van der Waals surface area (Å²) in [6.45, 7) is -0.212. The van der Waals surface area contributed by atoms with Crippen LogP contribution in [0.4, 0.5) is 11.4 Å². The number of halogens is 1. The standard InChI is InChI=1S/C23H21ClN2O5/c1-29-19-11-12-21(30-2)20(13-19)26-22(27)14-31-18-9-3-15(4-10-18)23(28)25-17-7-5-16(24)6-8-17/h3-13H,14H2,1-2H3,(H,25,28)(H,26,27). The van der Waals surface area contributed by atoms with Gasteiger partial charge in [-0.3, -0.25) is 9.59 Å². The molecule has 8 heteroatoms. The molecule has 0 fully saturated rings. The lowest BCUT2D eigenvalue weighted by molar-refractivity contribution is -0.118. The molecule has 0 bridgehead atoms. The van der Waals surface area contributed by atoms with Gasteiger partial charge in [-0.2, -0.15) is 0 Å². The van der Waals surface area contributed by atoms with Crippen molar-refractivity contribution in [3.63, 3.8) is 0 Å². The predicted molar refractivity (Wildman–Crippen MR) is 120 cm³/mol. The van der Waals surface area contributed by atoms with Crippen LogP contribution in [0.2, 0.25) is 5.02 Å². The molecule has 0 aliphatic rings. The van der Waals surface area contributed by atoms with Gasteiger partial charge in [-0.15, -0.1) is 0 Å². The summed E-state index contributed by atoms with van der Waals surface area (Å²) < 4.78 is 15.9. The molecule has 0 heterocycles. The predicted octanol–water partition coefficient (Wildman–Crippen LogP) is 4.63. The number of benzene rings is 3. The van der Waals surface area contributed by atoms with E-state index in [0.29, 0.717) is 39.2 Å². The Morgan fingerprint density at radius 3 is 2.16 bits per heavy atom. The molecule has 2 amide bonds. The van der Waals surface area contributed by atoms with Crippen molar-refractivity contribution in [1.82, 2.24) is 0 Å². The summed E-state index contributed by atoms with van der Waals surface area (Å²) in [7, 11) is 3.05. The van der Waals surface area contributed by atoms with Gasteiger partial charge in [0, 0.05) is 22.3 Å². The topological polar surface area (TPSA) is 85.9 Å². The van der Waals surface area contributed by atoms with Gasteiger partial charge in [-0.1, -0.05) is 11.6 Å². The highest BCUT2D eigenvalue weighted by atomic mass is 35.5. The molecule has 0 spiro atoms. The number of carbonyl (C=O) groups excluding carboxylic acids is 2. The average molecular weight is 441 g/mol. The maximum atomic E-state index is 12.3. The first-order valence-electron chi connectivity index (χ1n) is 9.30. The number of amides is 2. The Hall–Kier alpha value is -3.71. The Bertz CT molecular complexity index is 1050. The van der Waals surface area contributed by atoms with E-state index in [0.717, 1.165) is 0 Å². The van der Waals surface area contributed by atoms with Gasteiger partial charge in [0.05, 0.1) is 19.9 Å². The lowest BCUT2D eigenvalue weighted by Gasteiger charge is -2.12. The van der Waals surface area contributed by atoms with Crippen LogP contribution in [0.5, 0.6) is 17.2 Å². The SMILES string of the molecule is COc1ccc(OC)c(NC(=O)COc2ccc(C(=O)Nc3ccc(Cl)cc3)cc2)c1. The minimum atomic E-state index is -0.365. The molecule has 2 N–H and O–H groups in total. The van der Waals surface area contributed by atoms with Gasteiger partial charge in [0.2, 0.25) is 0 Å². The normalized spacial score (nSPS) is 10.2. The van der Waals surface area contributed by atoms with Crippen LogP contribution in [0, 0.1) is 0 Å². The summed E-state index contributed by atoms with van der Waals surface area (Å²) in [5, 5.41) is 6.09. The molecular weight excluding hydrogens is 420 g/mol. The Labute approximate surface area is 184 Å². The smallest absolute Gasteiger partial charge is 0.262 e. The molecule has 3 aromatic carbocycles. The van der Waals surface area contributed by atoms with Crippen LogP contribution >= 0.6 is 11.6 Å². The average Bonchev–Trinajstić information content (AvgIpc) is 2.79. The maximum Gasteiger partial charge on any atom is 0.262 e. The summed E-state index contributed by atoms with van der Waals surface area (Å²) in [6, 6.07) is 18.4. The molecule has 0 aromatic heterocycles.